The summed E-state index contributed by atoms with van der Waals surface area (Å²) in [6.45, 7) is 12.3. The maximum absolute atomic E-state index is 14.9. The van der Waals surface area contributed by atoms with Gasteiger partial charge in [0.25, 0.3) is 0 Å². The van der Waals surface area contributed by atoms with Gasteiger partial charge in [-0.3, -0.25) is 19.1 Å². The number of carbonyl (C=O) groups is 2. The fraction of sp³-hybridized carbons (Fsp3) is 0.244. The van der Waals surface area contributed by atoms with E-state index in [0.29, 0.717) is 68.2 Å². The molecule has 4 aromatic carbocycles. The van der Waals surface area contributed by atoms with E-state index in [1.54, 1.807) is 73.2 Å². The SMILES string of the molecule is CCOC(=O)c1cc(B2OCC(C)(C)CO2)cc2c1nc(C)n2-c1ccnc2c(F)ccc(F)c12.CCOC(=O)c1cc(Br)cc2c1nc(C)n2-c1ccnc2c(F)ccc(F)c12. The van der Waals surface area contributed by atoms with Gasteiger partial charge in [-0.05, 0) is 93.8 Å². The van der Waals surface area contributed by atoms with Crippen molar-refractivity contribution in [2.24, 2.45) is 5.41 Å². The second-order valence-corrected chi connectivity index (χ2v) is 16.4. The van der Waals surface area contributed by atoms with Gasteiger partial charge in [-0.25, -0.2) is 37.1 Å². The molecule has 12 nitrogen and oxygen atoms in total. The van der Waals surface area contributed by atoms with Gasteiger partial charge in [-0.2, -0.15) is 0 Å². The molecule has 1 aliphatic heterocycles. The molecule has 1 fully saturated rings. The minimum Gasteiger partial charge on any atom is -0.462 e. The van der Waals surface area contributed by atoms with Gasteiger partial charge >= 0.3 is 19.1 Å². The van der Waals surface area contributed by atoms with Crippen molar-refractivity contribution < 1.29 is 45.9 Å². The number of aryl methyl sites for hydroxylation is 2. The van der Waals surface area contributed by atoms with Gasteiger partial charge < -0.3 is 18.8 Å². The number of benzene rings is 4. The smallest absolute Gasteiger partial charge is 0.462 e. The van der Waals surface area contributed by atoms with Crippen LogP contribution in [0, 0.1) is 42.5 Å². The van der Waals surface area contributed by atoms with Crippen molar-refractivity contribution >= 4 is 84.3 Å². The predicted molar refractivity (Wildman–Crippen MR) is 233 cm³/mol. The highest BCUT2D eigenvalue weighted by atomic mass is 79.9. The summed E-state index contributed by atoms with van der Waals surface area (Å²) in [5.41, 5.74) is 3.43. The van der Waals surface area contributed by atoms with Gasteiger partial charge in [0, 0.05) is 35.5 Å². The van der Waals surface area contributed by atoms with Crippen molar-refractivity contribution in [1.82, 2.24) is 29.1 Å². The third kappa shape index (κ3) is 8.02. The molecular formula is C45H38BBrF4N6O6. The molecule has 322 valence electrons. The normalized spacial score (nSPS) is 13.7. The van der Waals surface area contributed by atoms with Crippen LogP contribution in [-0.2, 0) is 18.8 Å². The largest absolute Gasteiger partial charge is 0.494 e. The molecular weight excluding hydrogens is 887 g/mol. The van der Waals surface area contributed by atoms with Crippen molar-refractivity contribution in [3.8, 4) is 11.4 Å². The minimum absolute atomic E-state index is 0.0184. The molecule has 1 aliphatic rings. The molecule has 0 unspecified atom stereocenters. The number of pyridine rings is 2. The first-order valence-electron chi connectivity index (χ1n) is 19.9. The predicted octanol–water partition coefficient (Wildman–Crippen LogP) is 9.20. The zero-order chi connectivity index (χ0) is 44.9. The lowest BCUT2D eigenvalue weighted by molar-refractivity contribution is 0.0343. The first kappa shape index (κ1) is 43.4. The van der Waals surface area contributed by atoms with Gasteiger partial charge in [0.05, 0.1) is 57.5 Å². The lowest BCUT2D eigenvalue weighted by atomic mass is 9.75. The number of aromatic nitrogens is 6. The van der Waals surface area contributed by atoms with E-state index in [1.165, 1.54) is 12.4 Å². The Labute approximate surface area is 366 Å². The van der Waals surface area contributed by atoms with Crippen LogP contribution < -0.4 is 5.46 Å². The summed E-state index contributed by atoms with van der Waals surface area (Å²) in [7, 11) is -0.701. The Balaban J connectivity index is 0.000000177. The molecule has 63 heavy (non-hydrogen) atoms. The molecule has 8 aromatic rings. The van der Waals surface area contributed by atoms with Gasteiger partial charge in [-0.15, -0.1) is 0 Å². The maximum Gasteiger partial charge on any atom is 0.494 e. The number of ether oxygens (including phenoxy) is 2. The Morgan fingerprint density at radius 2 is 1.13 bits per heavy atom. The summed E-state index contributed by atoms with van der Waals surface area (Å²) in [5.74, 6) is -2.53. The number of hydrogen-bond donors (Lipinski definition) is 0. The van der Waals surface area contributed by atoms with E-state index in [4.69, 9.17) is 18.8 Å². The van der Waals surface area contributed by atoms with Gasteiger partial charge in [0.2, 0.25) is 0 Å². The molecule has 1 saturated heterocycles. The molecule has 0 spiro atoms. The lowest BCUT2D eigenvalue weighted by Crippen LogP contribution is -2.47. The van der Waals surface area contributed by atoms with E-state index in [0.717, 1.165) is 24.3 Å². The number of halogens is 5. The fourth-order valence-electron chi connectivity index (χ4n) is 7.66. The van der Waals surface area contributed by atoms with Crippen LogP contribution in [0.15, 0.2) is 77.5 Å². The summed E-state index contributed by atoms with van der Waals surface area (Å²) in [6.07, 6.45) is 2.83. The Morgan fingerprint density at radius 1 is 0.683 bits per heavy atom. The Bertz CT molecular complexity index is 3130. The number of hydrogen-bond acceptors (Lipinski definition) is 10. The molecule has 4 aromatic heterocycles. The number of carbonyl (C=O) groups excluding carboxylic acids is 2. The maximum atomic E-state index is 14.9. The quantitative estimate of drug-likeness (QED) is 0.0866. The van der Waals surface area contributed by atoms with Crippen LogP contribution in [0.25, 0.3) is 55.2 Å². The van der Waals surface area contributed by atoms with Crippen molar-refractivity contribution in [3.63, 3.8) is 0 Å². The number of fused-ring (bicyclic) bond motifs is 4. The molecule has 0 amide bonds. The monoisotopic (exact) mass is 924 g/mol. The molecule has 5 heterocycles. The lowest BCUT2D eigenvalue weighted by Gasteiger charge is -2.33. The van der Waals surface area contributed by atoms with E-state index in [1.807, 2.05) is 13.8 Å². The average Bonchev–Trinajstić information content (AvgIpc) is 3.77. The third-order valence-corrected chi connectivity index (χ3v) is 10.8. The highest BCUT2D eigenvalue weighted by molar-refractivity contribution is 9.10. The minimum atomic E-state index is -0.701. The molecule has 0 N–H and O–H groups in total. The van der Waals surface area contributed by atoms with Crippen molar-refractivity contribution in [2.45, 2.75) is 41.5 Å². The Kier molecular flexibility index (Phi) is 11.8. The van der Waals surface area contributed by atoms with Crippen molar-refractivity contribution in [3.05, 3.63) is 124 Å². The van der Waals surface area contributed by atoms with Crippen molar-refractivity contribution in [2.75, 3.05) is 26.4 Å². The first-order valence-corrected chi connectivity index (χ1v) is 20.7. The highest BCUT2D eigenvalue weighted by Crippen LogP contribution is 2.34. The molecule has 0 bridgehead atoms. The van der Waals surface area contributed by atoms with Gasteiger partial charge in [0.15, 0.2) is 0 Å². The number of esters is 2. The molecule has 9 rings (SSSR count). The number of rotatable bonds is 7. The van der Waals surface area contributed by atoms with Gasteiger partial charge in [0.1, 0.15) is 57.0 Å². The molecule has 0 aliphatic carbocycles. The molecule has 0 radical (unpaired) electrons. The van der Waals surface area contributed by atoms with Crippen LogP contribution in [0.3, 0.4) is 0 Å². The summed E-state index contributed by atoms with van der Waals surface area (Å²) >= 11 is 3.40. The molecule has 0 atom stereocenters. The summed E-state index contributed by atoms with van der Waals surface area (Å²) in [5, 5.41) is 0.0625. The van der Waals surface area contributed by atoms with E-state index in [9.17, 15) is 27.2 Å². The van der Waals surface area contributed by atoms with Crippen LogP contribution in [0.2, 0.25) is 0 Å². The van der Waals surface area contributed by atoms with Crippen LogP contribution in [0.4, 0.5) is 17.6 Å². The zero-order valence-corrected chi connectivity index (χ0v) is 36.4. The Morgan fingerprint density at radius 3 is 1.60 bits per heavy atom. The first-order chi connectivity index (χ1) is 30.1. The van der Waals surface area contributed by atoms with Crippen molar-refractivity contribution in [1.29, 1.82) is 0 Å². The second kappa shape index (κ2) is 17.1. The number of nitrogens with zero attached hydrogens (tertiary/aromatic N) is 6. The van der Waals surface area contributed by atoms with Crippen LogP contribution >= 0.6 is 15.9 Å². The van der Waals surface area contributed by atoms with E-state index >= 15 is 0 Å². The number of imidazole rings is 2. The topological polar surface area (TPSA) is 132 Å². The second-order valence-electron chi connectivity index (χ2n) is 15.5. The van der Waals surface area contributed by atoms with Gasteiger partial charge in [-0.1, -0.05) is 29.8 Å². The van der Waals surface area contributed by atoms with E-state index in [2.05, 4.69) is 35.9 Å². The zero-order valence-electron chi connectivity index (χ0n) is 34.9. The average molecular weight is 926 g/mol. The Hall–Kier alpha value is -6.24. The van der Waals surface area contributed by atoms with E-state index < -0.39 is 42.3 Å². The standard InChI is InChI=1S/C25H24BF2N3O4.C20H14BrF2N3O2/c1-5-33-24(32)16-10-15(26-34-12-25(3,4)13-35-26)11-20-22(16)30-14(2)31(20)19-8-9-29-23-18(28)7-6-17(27)21(19)23;1-3-28-20(27)12-8-11(21)9-16-18(12)25-10(2)26(16)15-6-7-24-19-14(23)5-4-13(22)17(15)19/h6-11H,5,12-13H2,1-4H3;4-9H,3H2,1-2H3. The van der Waals surface area contributed by atoms with Crippen LogP contribution in [0.5, 0.6) is 0 Å². The third-order valence-electron chi connectivity index (χ3n) is 10.4. The summed E-state index contributed by atoms with van der Waals surface area (Å²) < 4.78 is 84.5. The van der Waals surface area contributed by atoms with E-state index in [-0.39, 0.29) is 51.6 Å². The fourth-order valence-corrected chi connectivity index (χ4v) is 8.10. The highest BCUT2D eigenvalue weighted by Gasteiger charge is 2.35. The van der Waals surface area contributed by atoms with Crippen LogP contribution in [-0.4, -0.2) is 74.6 Å². The summed E-state index contributed by atoms with van der Waals surface area (Å²) in [6, 6.07) is 14.2. The molecule has 0 saturated carbocycles. The molecule has 18 heteroatoms. The summed E-state index contributed by atoms with van der Waals surface area (Å²) in [4.78, 5) is 42.4. The van der Waals surface area contributed by atoms with Crippen LogP contribution in [0.1, 0.15) is 60.1 Å².